The molecule has 3 N–H and O–H groups in total. The molecule has 42 heavy (non-hydrogen) atoms. The maximum absolute atomic E-state index is 11.9. The molecule has 3 aromatic carbocycles. The third-order valence-corrected chi connectivity index (χ3v) is 6.95. The number of carbonyl (C=O) groups is 1. The molecule has 1 saturated heterocycles. The van der Waals surface area contributed by atoms with E-state index in [0.717, 1.165) is 29.5 Å². The van der Waals surface area contributed by atoms with Gasteiger partial charge in [0.05, 0.1) is 19.8 Å². The maximum Gasteiger partial charge on any atom is 0.407 e. The van der Waals surface area contributed by atoms with Crippen molar-refractivity contribution in [3.63, 3.8) is 0 Å². The second-order valence-corrected chi connectivity index (χ2v) is 10.2. The highest BCUT2D eigenvalue weighted by atomic mass is 16.7. The molecule has 0 aliphatic carbocycles. The van der Waals surface area contributed by atoms with Crippen LogP contribution >= 0.6 is 0 Å². The molecule has 0 saturated carbocycles. The molecule has 0 unspecified atom stereocenters. The standard InChI is InChI=1S/C33H41NO8/c35-21-28-30(39-22-25-13-5-1-6-14-25)29(36)31(40-23-26-15-7-2-8-16-26)32(42-28)38-20-12-4-11-19-34-33(37)41-24-27-17-9-3-10-18-27/h1-3,5-10,13-18,28-32,35-36H,4,11-12,19-24H2,(H,34,37)/t28-,29+,30-,31+,32+/m1/s1. The van der Waals surface area contributed by atoms with Gasteiger partial charge < -0.3 is 39.2 Å². The van der Waals surface area contributed by atoms with Crippen LogP contribution in [0.15, 0.2) is 91.0 Å². The lowest BCUT2D eigenvalue weighted by atomic mass is 9.98. The fourth-order valence-electron chi connectivity index (χ4n) is 4.66. The van der Waals surface area contributed by atoms with Crippen molar-refractivity contribution in [2.45, 2.75) is 69.8 Å². The SMILES string of the molecule is O=C(NCCCCCO[C@H]1O[C@H](CO)[C@@H](OCc2ccccc2)[C@H](O)[C@@H]1OCc1ccccc1)OCc1ccccc1. The Balaban J connectivity index is 1.23. The van der Waals surface area contributed by atoms with Gasteiger partial charge in [0.2, 0.25) is 0 Å². The summed E-state index contributed by atoms with van der Waals surface area (Å²) in [6, 6.07) is 28.8. The first-order valence-corrected chi connectivity index (χ1v) is 14.5. The summed E-state index contributed by atoms with van der Waals surface area (Å²) in [7, 11) is 0. The molecule has 0 spiro atoms. The van der Waals surface area contributed by atoms with Gasteiger partial charge in [-0.3, -0.25) is 0 Å². The average Bonchev–Trinajstić information content (AvgIpc) is 3.03. The van der Waals surface area contributed by atoms with E-state index in [9.17, 15) is 15.0 Å². The van der Waals surface area contributed by atoms with Crippen molar-refractivity contribution in [1.82, 2.24) is 5.32 Å². The van der Waals surface area contributed by atoms with Crippen molar-refractivity contribution in [2.24, 2.45) is 0 Å². The van der Waals surface area contributed by atoms with Gasteiger partial charge in [-0.25, -0.2) is 4.79 Å². The summed E-state index contributed by atoms with van der Waals surface area (Å²) in [5.74, 6) is 0. The number of benzene rings is 3. The predicted molar refractivity (Wildman–Crippen MR) is 156 cm³/mol. The number of aliphatic hydroxyl groups is 2. The molecule has 4 rings (SSSR count). The van der Waals surface area contributed by atoms with E-state index in [-0.39, 0.29) is 26.4 Å². The van der Waals surface area contributed by atoms with Gasteiger partial charge in [-0.05, 0) is 36.0 Å². The molecular weight excluding hydrogens is 538 g/mol. The second-order valence-electron chi connectivity index (χ2n) is 10.2. The number of hydrogen-bond acceptors (Lipinski definition) is 8. The lowest BCUT2D eigenvalue weighted by Gasteiger charge is -2.43. The van der Waals surface area contributed by atoms with E-state index in [2.05, 4.69) is 5.32 Å². The Labute approximate surface area is 247 Å². The van der Waals surface area contributed by atoms with E-state index in [0.29, 0.717) is 19.6 Å². The monoisotopic (exact) mass is 579 g/mol. The number of aliphatic hydroxyl groups excluding tert-OH is 2. The number of unbranched alkanes of at least 4 members (excludes halogenated alkanes) is 2. The summed E-state index contributed by atoms with van der Waals surface area (Å²) in [4.78, 5) is 11.9. The Morgan fingerprint density at radius 3 is 1.83 bits per heavy atom. The largest absolute Gasteiger partial charge is 0.445 e. The summed E-state index contributed by atoms with van der Waals surface area (Å²) in [5, 5.41) is 24.1. The number of alkyl carbamates (subject to hydrolysis) is 1. The van der Waals surface area contributed by atoms with Gasteiger partial charge in [-0.15, -0.1) is 0 Å². The van der Waals surface area contributed by atoms with E-state index >= 15 is 0 Å². The van der Waals surface area contributed by atoms with Gasteiger partial charge in [0.1, 0.15) is 31.0 Å². The number of amides is 1. The number of hydrogen-bond donors (Lipinski definition) is 3. The predicted octanol–water partition coefficient (Wildman–Crippen LogP) is 4.35. The Kier molecular flexibility index (Phi) is 13.3. The molecule has 1 aliphatic heterocycles. The van der Waals surface area contributed by atoms with Crippen LogP contribution in [-0.2, 0) is 43.5 Å². The molecule has 3 aromatic rings. The van der Waals surface area contributed by atoms with Crippen LogP contribution in [-0.4, -0.2) is 66.8 Å². The third-order valence-electron chi connectivity index (χ3n) is 6.95. The fourth-order valence-corrected chi connectivity index (χ4v) is 4.66. The topological polar surface area (TPSA) is 116 Å². The van der Waals surface area contributed by atoms with E-state index < -0.39 is 36.8 Å². The Morgan fingerprint density at radius 1 is 0.714 bits per heavy atom. The number of ether oxygens (including phenoxy) is 5. The smallest absolute Gasteiger partial charge is 0.407 e. The molecule has 5 atom stereocenters. The normalized spacial score (nSPS) is 22.0. The first-order valence-electron chi connectivity index (χ1n) is 14.5. The molecule has 1 fully saturated rings. The second kappa shape index (κ2) is 17.6. The Bertz CT molecular complexity index is 1150. The van der Waals surface area contributed by atoms with E-state index in [1.807, 2.05) is 91.0 Å². The molecular formula is C33H41NO8. The molecule has 1 aliphatic rings. The maximum atomic E-state index is 11.9. The lowest BCUT2D eigenvalue weighted by Crippen LogP contribution is -2.60. The molecule has 1 amide bonds. The molecule has 9 heteroatoms. The minimum Gasteiger partial charge on any atom is -0.445 e. The summed E-state index contributed by atoms with van der Waals surface area (Å²) >= 11 is 0. The molecule has 0 bridgehead atoms. The van der Waals surface area contributed by atoms with Crippen LogP contribution in [0.25, 0.3) is 0 Å². The van der Waals surface area contributed by atoms with Crippen LogP contribution in [0.2, 0.25) is 0 Å². The summed E-state index contributed by atoms with van der Waals surface area (Å²) in [6.45, 7) is 1.25. The highest BCUT2D eigenvalue weighted by Crippen LogP contribution is 2.28. The molecule has 226 valence electrons. The quantitative estimate of drug-likeness (QED) is 0.215. The first kappa shape index (κ1) is 31.6. The van der Waals surface area contributed by atoms with Crippen LogP contribution < -0.4 is 5.32 Å². The zero-order chi connectivity index (χ0) is 29.4. The minimum atomic E-state index is -1.08. The lowest BCUT2D eigenvalue weighted by molar-refractivity contribution is -0.319. The van der Waals surface area contributed by atoms with Crippen LogP contribution in [0, 0.1) is 0 Å². The molecule has 0 radical (unpaired) electrons. The van der Waals surface area contributed by atoms with Gasteiger partial charge in [0.15, 0.2) is 6.29 Å². The highest BCUT2D eigenvalue weighted by Gasteiger charge is 2.47. The van der Waals surface area contributed by atoms with Crippen LogP contribution in [0.3, 0.4) is 0 Å². The third kappa shape index (κ3) is 10.2. The van der Waals surface area contributed by atoms with Crippen molar-refractivity contribution in [3.8, 4) is 0 Å². The zero-order valence-electron chi connectivity index (χ0n) is 23.8. The molecule has 0 aromatic heterocycles. The summed E-state index contributed by atoms with van der Waals surface area (Å²) in [5.41, 5.74) is 2.83. The van der Waals surface area contributed by atoms with Gasteiger partial charge in [-0.1, -0.05) is 91.0 Å². The zero-order valence-corrected chi connectivity index (χ0v) is 23.8. The van der Waals surface area contributed by atoms with E-state index in [1.165, 1.54) is 0 Å². The molecule has 9 nitrogen and oxygen atoms in total. The number of carbonyl (C=O) groups excluding carboxylic acids is 1. The number of rotatable bonds is 16. The van der Waals surface area contributed by atoms with Crippen LogP contribution in [0.1, 0.15) is 36.0 Å². The van der Waals surface area contributed by atoms with Crippen molar-refractivity contribution >= 4 is 6.09 Å². The van der Waals surface area contributed by atoms with Crippen LogP contribution in [0.4, 0.5) is 4.79 Å². The van der Waals surface area contributed by atoms with E-state index in [4.69, 9.17) is 23.7 Å². The van der Waals surface area contributed by atoms with Gasteiger partial charge >= 0.3 is 6.09 Å². The highest BCUT2D eigenvalue weighted by molar-refractivity contribution is 5.67. The molecule has 1 heterocycles. The summed E-state index contributed by atoms with van der Waals surface area (Å²) < 4.78 is 29.5. The Morgan fingerprint density at radius 2 is 1.26 bits per heavy atom. The fraction of sp³-hybridized carbons (Fsp3) is 0.424. The van der Waals surface area contributed by atoms with Crippen molar-refractivity contribution in [1.29, 1.82) is 0 Å². The van der Waals surface area contributed by atoms with Gasteiger partial charge in [0, 0.05) is 13.2 Å². The first-order chi connectivity index (χ1) is 20.6. The summed E-state index contributed by atoms with van der Waals surface area (Å²) in [6.07, 6.45) is -2.56. The van der Waals surface area contributed by atoms with Crippen molar-refractivity contribution in [3.05, 3.63) is 108 Å². The van der Waals surface area contributed by atoms with Gasteiger partial charge in [-0.2, -0.15) is 0 Å². The average molecular weight is 580 g/mol. The van der Waals surface area contributed by atoms with Crippen LogP contribution in [0.5, 0.6) is 0 Å². The van der Waals surface area contributed by atoms with Crippen molar-refractivity contribution in [2.75, 3.05) is 19.8 Å². The van der Waals surface area contributed by atoms with E-state index in [1.54, 1.807) is 0 Å². The Hall–Kier alpha value is -3.31. The van der Waals surface area contributed by atoms with Crippen molar-refractivity contribution < 1.29 is 38.7 Å². The minimum absolute atomic E-state index is 0.230. The van der Waals surface area contributed by atoms with Gasteiger partial charge in [0.25, 0.3) is 0 Å². The number of nitrogens with one attached hydrogen (secondary N) is 1.